The van der Waals surface area contributed by atoms with E-state index in [0.29, 0.717) is 12.5 Å². The average Bonchev–Trinajstić information content (AvgIpc) is 2.80. The molecule has 0 aromatic heterocycles. The number of alkyl halides is 1. The Bertz CT molecular complexity index is 309. The highest BCUT2D eigenvalue weighted by Gasteiger charge is 2.30. The number of ether oxygens (including phenoxy) is 1. The Labute approximate surface area is 126 Å². The van der Waals surface area contributed by atoms with Crippen molar-refractivity contribution in [1.82, 2.24) is 4.90 Å². The summed E-state index contributed by atoms with van der Waals surface area (Å²) in [5, 5.41) is 9.11. The van der Waals surface area contributed by atoms with E-state index in [4.69, 9.17) is 16.7 Å². The van der Waals surface area contributed by atoms with E-state index in [1.54, 1.807) is 0 Å². The molecular formula is C15H26ClNO3. The van der Waals surface area contributed by atoms with Crippen LogP contribution in [-0.2, 0) is 9.53 Å². The van der Waals surface area contributed by atoms with Gasteiger partial charge in [-0.15, -0.1) is 11.6 Å². The zero-order chi connectivity index (χ0) is 14.8. The third-order valence-electron chi connectivity index (χ3n) is 3.71. The van der Waals surface area contributed by atoms with Gasteiger partial charge in [0.2, 0.25) is 0 Å². The summed E-state index contributed by atoms with van der Waals surface area (Å²) in [5.41, 5.74) is 0. The van der Waals surface area contributed by atoms with Gasteiger partial charge in [0.1, 0.15) is 0 Å². The highest BCUT2D eigenvalue weighted by Crippen LogP contribution is 2.25. The number of methoxy groups -OCH3 is 1. The van der Waals surface area contributed by atoms with E-state index in [1.807, 2.05) is 0 Å². The maximum atomic E-state index is 10.9. The molecule has 0 amide bonds. The van der Waals surface area contributed by atoms with Crippen molar-refractivity contribution in [2.75, 3.05) is 26.8 Å². The SMILES string of the molecule is COC(=O)CCC/C=C\C[C@H]1[C@H](Cl)CCN1CCCO. The van der Waals surface area contributed by atoms with Crippen LogP contribution in [-0.4, -0.2) is 54.2 Å². The average molecular weight is 304 g/mol. The number of rotatable bonds is 9. The quantitative estimate of drug-likeness (QED) is 0.307. The van der Waals surface area contributed by atoms with E-state index < -0.39 is 0 Å². The van der Waals surface area contributed by atoms with Crippen LogP contribution in [0.4, 0.5) is 0 Å². The molecule has 2 atom stereocenters. The number of esters is 1. The minimum atomic E-state index is -0.148. The zero-order valence-corrected chi connectivity index (χ0v) is 13.0. The molecule has 116 valence electrons. The lowest BCUT2D eigenvalue weighted by Crippen LogP contribution is -2.34. The molecular weight excluding hydrogens is 278 g/mol. The van der Waals surface area contributed by atoms with E-state index in [9.17, 15) is 4.79 Å². The monoisotopic (exact) mass is 303 g/mol. The molecule has 0 aliphatic carbocycles. The van der Waals surface area contributed by atoms with Crippen molar-refractivity contribution in [3.8, 4) is 0 Å². The van der Waals surface area contributed by atoms with Crippen LogP contribution in [0.3, 0.4) is 0 Å². The Balaban J connectivity index is 2.22. The fraction of sp³-hybridized carbons (Fsp3) is 0.800. The molecule has 0 saturated carbocycles. The van der Waals surface area contributed by atoms with Gasteiger partial charge in [-0.2, -0.15) is 0 Å². The summed E-state index contributed by atoms with van der Waals surface area (Å²) >= 11 is 6.35. The van der Waals surface area contributed by atoms with Crippen LogP contribution in [0.25, 0.3) is 0 Å². The summed E-state index contributed by atoms with van der Waals surface area (Å²) in [7, 11) is 1.42. The number of nitrogens with zero attached hydrogens (tertiary/aromatic N) is 1. The molecule has 0 bridgehead atoms. The number of halogens is 1. The fourth-order valence-corrected chi connectivity index (χ4v) is 2.90. The molecule has 0 radical (unpaired) electrons. The number of hydrogen-bond acceptors (Lipinski definition) is 4. The van der Waals surface area contributed by atoms with Crippen LogP contribution >= 0.6 is 11.6 Å². The molecule has 1 rings (SSSR count). The summed E-state index contributed by atoms with van der Waals surface area (Å²) < 4.78 is 4.60. The molecule has 4 nitrogen and oxygen atoms in total. The van der Waals surface area contributed by atoms with Crippen LogP contribution < -0.4 is 0 Å². The number of carbonyl (C=O) groups excluding carboxylic acids is 1. The van der Waals surface area contributed by atoms with E-state index >= 15 is 0 Å². The van der Waals surface area contributed by atoms with Gasteiger partial charge in [-0.1, -0.05) is 12.2 Å². The van der Waals surface area contributed by atoms with Crippen LogP contribution in [0.1, 0.15) is 38.5 Å². The second-order valence-electron chi connectivity index (χ2n) is 5.16. The molecule has 0 aromatic carbocycles. The van der Waals surface area contributed by atoms with E-state index in [0.717, 1.165) is 45.2 Å². The summed E-state index contributed by atoms with van der Waals surface area (Å²) in [6.07, 6.45) is 9.25. The first-order valence-electron chi connectivity index (χ1n) is 7.39. The normalized spacial score (nSPS) is 23.6. The fourth-order valence-electron chi connectivity index (χ4n) is 2.54. The van der Waals surface area contributed by atoms with Gasteiger partial charge in [0.05, 0.1) is 12.5 Å². The summed E-state index contributed by atoms with van der Waals surface area (Å²) in [4.78, 5) is 13.3. The van der Waals surface area contributed by atoms with Gasteiger partial charge in [0, 0.05) is 25.6 Å². The van der Waals surface area contributed by atoms with Crippen LogP contribution in [0.5, 0.6) is 0 Å². The smallest absolute Gasteiger partial charge is 0.305 e. The number of hydrogen-bond donors (Lipinski definition) is 1. The van der Waals surface area contributed by atoms with Gasteiger partial charge in [0.15, 0.2) is 0 Å². The highest BCUT2D eigenvalue weighted by atomic mass is 35.5. The predicted octanol–water partition coefficient (Wildman–Crippen LogP) is 2.34. The molecule has 1 saturated heterocycles. The first-order valence-corrected chi connectivity index (χ1v) is 7.83. The number of carbonyl (C=O) groups is 1. The Hall–Kier alpha value is -0.580. The lowest BCUT2D eigenvalue weighted by atomic mass is 10.1. The van der Waals surface area contributed by atoms with Crippen molar-refractivity contribution < 1.29 is 14.6 Å². The molecule has 1 heterocycles. The largest absolute Gasteiger partial charge is 0.469 e. The topological polar surface area (TPSA) is 49.8 Å². The first-order chi connectivity index (χ1) is 9.69. The van der Waals surface area contributed by atoms with Crippen molar-refractivity contribution in [3.63, 3.8) is 0 Å². The van der Waals surface area contributed by atoms with Crippen molar-refractivity contribution in [1.29, 1.82) is 0 Å². The van der Waals surface area contributed by atoms with Gasteiger partial charge >= 0.3 is 5.97 Å². The Morgan fingerprint density at radius 1 is 1.45 bits per heavy atom. The number of likely N-dealkylation sites (tertiary alicyclic amines) is 1. The number of unbranched alkanes of at least 4 members (excludes halogenated alkanes) is 1. The van der Waals surface area contributed by atoms with Crippen LogP contribution in [0.2, 0.25) is 0 Å². The van der Waals surface area contributed by atoms with Crippen molar-refractivity contribution in [3.05, 3.63) is 12.2 Å². The Morgan fingerprint density at radius 2 is 2.25 bits per heavy atom. The predicted molar refractivity (Wildman–Crippen MR) is 80.9 cm³/mol. The minimum absolute atomic E-state index is 0.148. The molecule has 0 spiro atoms. The molecule has 5 heteroatoms. The number of allylic oxidation sites excluding steroid dienone is 1. The molecule has 1 N–H and O–H groups in total. The van der Waals surface area contributed by atoms with Crippen LogP contribution in [0.15, 0.2) is 12.2 Å². The third kappa shape index (κ3) is 6.25. The lowest BCUT2D eigenvalue weighted by molar-refractivity contribution is -0.140. The highest BCUT2D eigenvalue weighted by molar-refractivity contribution is 6.21. The molecule has 20 heavy (non-hydrogen) atoms. The van der Waals surface area contributed by atoms with Gasteiger partial charge in [0.25, 0.3) is 0 Å². The summed E-state index contributed by atoms with van der Waals surface area (Å²) in [6.45, 7) is 2.18. The van der Waals surface area contributed by atoms with E-state index in [2.05, 4.69) is 21.8 Å². The van der Waals surface area contributed by atoms with Gasteiger partial charge in [-0.3, -0.25) is 9.69 Å². The van der Waals surface area contributed by atoms with Crippen molar-refractivity contribution in [2.24, 2.45) is 0 Å². The third-order valence-corrected chi connectivity index (χ3v) is 4.21. The first kappa shape index (κ1) is 17.5. The lowest BCUT2D eigenvalue weighted by Gasteiger charge is -2.24. The van der Waals surface area contributed by atoms with Crippen LogP contribution in [0, 0.1) is 0 Å². The standard InChI is InChI=1S/C15H26ClNO3/c1-20-15(19)8-5-3-2-4-7-14-13(16)9-11-17(14)10-6-12-18/h2,4,13-14,18H,3,5-12H2,1H3/b4-2-/t13-,14+/m1/s1. The van der Waals surface area contributed by atoms with Crippen molar-refractivity contribution >= 4 is 17.6 Å². The summed E-state index contributed by atoms with van der Waals surface area (Å²) in [6, 6.07) is 0.375. The van der Waals surface area contributed by atoms with Gasteiger partial charge in [-0.25, -0.2) is 0 Å². The Kier molecular flexibility index (Phi) is 8.90. The van der Waals surface area contributed by atoms with Gasteiger partial charge in [-0.05, 0) is 38.6 Å². The van der Waals surface area contributed by atoms with Crippen molar-refractivity contribution in [2.45, 2.75) is 49.9 Å². The molecule has 0 unspecified atom stereocenters. The Morgan fingerprint density at radius 3 is 2.95 bits per heavy atom. The second-order valence-corrected chi connectivity index (χ2v) is 5.72. The zero-order valence-electron chi connectivity index (χ0n) is 12.3. The number of aliphatic hydroxyl groups excluding tert-OH is 1. The summed E-state index contributed by atoms with van der Waals surface area (Å²) in [5.74, 6) is -0.148. The van der Waals surface area contributed by atoms with E-state index in [-0.39, 0.29) is 18.0 Å². The minimum Gasteiger partial charge on any atom is -0.469 e. The molecule has 0 aromatic rings. The maximum Gasteiger partial charge on any atom is 0.305 e. The molecule has 1 aliphatic rings. The van der Waals surface area contributed by atoms with Gasteiger partial charge < -0.3 is 9.84 Å². The maximum absolute atomic E-state index is 10.9. The van der Waals surface area contributed by atoms with E-state index in [1.165, 1.54) is 7.11 Å². The number of aliphatic hydroxyl groups is 1. The molecule has 1 fully saturated rings. The molecule has 1 aliphatic heterocycles. The second kappa shape index (κ2) is 10.2.